The lowest BCUT2D eigenvalue weighted by molar-refractivity contribution is -0.128. The van der Waals surface area contributed by atoms with Gasteiger partial charge in [-0.15, -0.1) is 0 Å². The molecule has 0 spiro atoms. The first-order valence-electron chi connectivity index (χ1n) is 10.9. The number of para-hydroxylation sites is 2. The molecule has 2 fully saturated rings. The van der Waals surface area contributed by atoms with Crippen molar-refractivity contribution in [3.8, 4) is 0 Å². The molecule has 0 atom stereocenters. The van der Waals surface area contributed by atoms with Gasteiger partial charge in [-0.25, -0.2) is 4.79 Å². The molecule has 2 aliphatic heterocycles. The summed E-state index contributed by atoms with van der Waals surface area (Å²) in [4.78, 5) is 28.6. The van der Waals surface area contributed by atoms with E-state index in [1.807, 2.05) is 41.3 Å². The van der Waals surface area contributed by atoms with Gasteiger partial charge in [-0.3, -0.25) is 4.79 Å². The fourth-order valence-electron chi connectivity index (χ4n) is 4.27. The number of rotatable bonds is 6. The molecule has 2 heterocycles. The maximum Gasteiger partial charge on any atom is 0.319 e. The number of carbonyl (C=O) groups excluding carboxylic acids is 2. The van der Waals surface area contributed by atoms with Gasteiger partial charge < -0.3 is 20.4 Å². The SMILES string of the molecule is O=C(NCc1cccc(CN2CCCC2=O)c1)Nc1ccccc1N1CCCCC1. The van der Waals surface area contributed by atoms with Gasteiger partial charge in [0.2, 0.25) is 5.91 Å². The number of urea groups is 1. The number of anilines is 2. The summed E-state index contributed by atoms with van der Waals surface area (Å²) in [5, 5.41) is 5.97. The molecule has 4 rings (SSSR count). The van der Waals surface area contributed by atoms with Gasteiger partial charge in [0.25, 0.3) is 0 Å². The molecule has 6 nitrogen and oxygen atoms in total. The first-order chi connectivity index (χ1) is 14.7. The van der Waals surface area contributed by atoms with Crippen LogP contribution >= 0.6 is 0 Å². The normalized spacial score (nSPS) is 16.6. The number of piperidine rings is 1. The minimum atomic E-state index is -0.209. The van der Waals surface area contributed by atoms with Crippen LogP contribution in [0.15, 0.2) is 48.5 Å². The monoisotopic (exact) mass is 406 g/mol. The van der Waals surface area contributed by atoms with Gasteiger partial charge in [0, 0.05) is 39.1 Å². The molecule has 0 saturated carbocycles. The van der Waals surface area contributed by atoms with E-state index in [9.17, 15) is 9.59 Å². The number of amides is 3. The van der Waals surface area contributed by atoms with E-state index in [-0.39, 0.29) is 11.9 Å². The van der Waals surface area contributed by atoms with E-state index in [4.69, 9.17) is 0 Å². The van der Waals surface area contributed by atoms with E-state index in [1.54, 1.807) is 0 Å². The minimum absolute atomic E-state index is 0.209. The summed E-state index contributed by atoms with van der Waals surface area (Å²) >= 11 is 0. The lowest BCUT2D eigenvalue weighted by Gasteiger charge is -2.30. The largest absolute Gasteiger partial charge is 0.370 e. The van der Waals surface area contributed by atoms with Crippen molar-refractivity contribution < 1.29 is 9.59 Å². The molecule has 0 bridgehead atoms. The Bertz CT molecular complexity index is 892. The first kappa shape index (κ1) is 20.3. The van der Waals surface area contributed by atoms with Crippen molar-refractivity contribution in [2.24, 2.45) is 0 Å². The Kier molecular flexibility index (Phi) is 6.52. The van der Waals surface area contributed by atoms with Gasteiger partial charge in [-0.05, 0) is 48.9 Å². The maximum atomic E-state index is 12.5. The summed E-state index contributed by atoms with van der Waals surface area (Å²) in [5.74, 6) is 0.227. The number of benzene rings is 2. The van der Waals surface area contributed by atoms with Gasteiger partial charge in [-0.1, -0.05) is 36.4 Å². The Morgan fingerprint density at radius 3 is 2.50 bits per heavy atom. The van der Waals surface area contributed by atoms with Crippen LogP contribution in [-0.2, 0) is 17.9 Å². The molecular formula is C24H30N4O2. The van der Waals surface area contributed by atoms with Gasteiger partial charge in [0.1, 0.15) is 0 Å². The maximum absolute atomic E-state index is 12.5. The van der Waals surface area contributed by atoms with E-state index in [2.05, 4.69) is 27.7 Å². The molecule has 2 aromatic carbocycles. The lowest BCUT2D eigenvalue weighted by atomic mass is 10.1. The predicted octanol–water partition coefficient (Wildman–Crippen LogP) is 4.12. The molecule has 6 heteroatoms. The molecule has 0 unspecified atom stereocenters. The lowest BCUT2D eigenvalue weighted by Crippen LogP contribution is -2.32. The van der Waals surface area contributed by atoms with E-state index in [0.29, 0.717) is 19.5 Å². The Hall–Kier alpha value is -3.02. The highest BCUT2D eigenvalue weighted by Gasteiger charge is 2.20. The van der Waals surface area contributed by atoms with Crippen molar-refractivity contribution in [2.45, 2.75) is 45.2 Å². The molecule has 2 aliphatic rings. The Morgan fingerprint density at radius 2 is 1.70 bits per heavy atom. The average Bonchev–Trinajstić information content (AvgIpc) is 3.18. The van der Waals surface area contributed by atoms with E-state index in [0.717, 1.165) is 48.6 Å². The van der Waals surface area contributed by atoms with Crippen molar-refractivity contribution in [1.29, 1.82) is 0 Å². The van der Waals surface area contributed by atoms with Crippen molar-refractivity contribution in [2.75, 3.05) is 29.9 Å². The van der Waals surface area contributed by atoms with Gasteiger partial charge in [0.05, 0.1) is 11.4 Å². The highest BCUT2D eigenvalue weighted by molar-refractivity contribution is 5.93. The molecule has 2 N–H and O–H groups in total. The number of nitrogens with zero attached hydrogens (tertiary/aromatic N) is 2. The predicted molar refractivity (Wildman–Crippen MR) is 119 cm³/mol. The van der Waals surface area contributed by atoms with Crippen molar-refractivity contribution in [1.82, 2.24) is 10.2 Å². The topological polar surface area (TPSA) is 64.7 Å². The van der Waals surface area contributed by atoms with E-state index in [1.165, 1.54) is 19.3 Å². The zero-order valence-corrected chi connectivity index (χ0v) is 17.4. The zero-order chi connectivity index (χ0) is 20.8. The zero-order valence-electron chi connectivity index (χ0n) is 17.4. The smallest absolute Gasteiger partial charge is 0.319 e. The third-order valence-electron chi connectivity index (χ3n) is 5.84. The Labute approximate surface area is 178 Å². The second-order valence-corrected chi connectivity index (χ2v) is 8.11. The third-order valence-corrected chi connectivity index (χ3v) is 5.84. The molecule has 0 aromatic heterocycles. The summed E-state index contributed by atoms with van der Waals surface area (Å²) in [6.07, 6.45) is 5.26. The minimum Gasteiger partial charge on any atom is -0.370 e. The molecule has 0 aliphatic carbocycles. The standard InChI is InChI=1S/C24H30N4O2/c29-23-12-7-15-28(23)18-20-9-6-8-19(16-20)17-25-24(30)26-21-10-2-3-11-22(21)27-13-4-1-5-14-27/h2-3,6,8-11,16H,1,4-5,7,12-15,17-18H2,(H2,25,26,30). The van der Waals surface area contributed by atoms with Crippen LogP contribution in [0.1, 0.15) is 43.2 Å². The summed E-state index contributed by atoms with van der Waals surface area (Å²) in [6, 6.07) is 15.9. The van der Waals surface area contributed by atoms with Gasteiger partial charge >= 0.3 is 6.03 Å². The van der Waals surface area contributed by atoms with Crippen molar-refractivity contribution >= 4 is 23.3 Å². The quantitative estimate of drug-likeness (QED) is 0.758. The Balaban J connectivity index is 1.33. The highest BCUT2D eigenvalue weighted by atomic mass is 16.2. The second-order valence-electron chi connectivity index (χ2n) is 8.11. The van der Waals surface area contributed by atoms with Crippen molar-refractivity contribution in [3.05, 3.63) is 59.7 Å². The second kappa shape index (κ2) is 9.65. The summed E-state index contributed by atoms with van der Waals surface area (Å²) < 4.78 is 0. The average molecular weight is 407 g/mol. The van der Waals surface area contributed by atoms with Gasteiger partial charge in [-0.2, -0.15) is 0 Å². The number of nitrogens with one attached hydrogen (secondary N) is 2. The summed E-state index contributed by atoms with van der Waals surface area (Å²) in [5.41, 5.74) is 4.06. The van der Waals surface area contributed by atoms with Crippen molar-refractivity contribution in [3.63, 3.8) is 0 Å². The molecule has 3 amide bonds. The number of carbonyl (C=O) groups is 2. The van der Waals surface area contributed by atoms with Crippen LogP contribution < -0.4 is 15.5 Å². The van der Waals surface area contributed by atoms with Crippen LogP contribution in [0.2, 0.25) is 0 Å². The van der Waals surface area contributed by atoms with Crippen LogP contribution in [0.25, 0.3) is 0 Å². The molecule has 2 aromatic rings. The summed E-state index contributed by atoms with van der Waals surface area (Å²) in [7, 11) is 0. The first-order valence-corrected chi connectivity index (χ1v) is 10.9. The van der Waals surface area contributed by atoms with E-state index < -0.39 is 0 Å². The van der Waals surface area contributed by atoms with E-state index >= 15 is 0 Å². The fourth-order valence-corrected chi connectivity index (χ4v) is 4.27. The van der Waals surface area contributed by atoms with Crippen LogP contribution in [0.5, 0.6) is 0 Å². The Morgan fingerprint density at radius 1 is 0.900 bits per heavy atom. The molecular weight excluding hydrogens is 376 g/mol. The molecule has 0 radical (unpaired) electrons. The summed E-state index contributed by atoms with van der Waals surface area (Å²) in [6.45, 7) is 3.99. The molecule has 158 valence electrons. The number of hydrogen-bond acceptors (Lipinski definition) is 3. The molecule has 30 heavy (non-hydrogen) atoms. The van der Waals surface area contributed by atoms with Crippen LogP contribution in [0.4, 0.5) is 16.2 Å². The van der Waals surface area contributed by atoms with Crippen LogP contribution in [0.3, 0.4) is 0 Å². The highest BCUT2D eigenvalue weighted by Crippen LogP contribution is 2.28. The van der Waals surface area contributed by atoms with Crippen LogP contribution in [0, 0.1) is 0 Å². The fraction of sp³-hybridized carbons (Fsp3) is 0.417. The van der Waals surface area contributed by atoms with Gasteiger partial charge in [0.15, 0.2) is 0 Å². The van der Waals surface area contributed by atoms with Crippen LogP contribution in [-0.4, -0.2) is 36.5 Å². The number of likely N-dealkylation sites (tertiary alicyclic amines) is 1. The number of hydrogen-bond donors (Lipinski definition) is 2. The molecule has 2 saturated heterocycles. The third kappa shape index (κ3) is 5.12.